The summed E-state index contributed by atoms with van der Waals surface area (Å²) in [6, 6.07) is 7.30. The van der Waals surface area contributed by atoms with Gasteiger partial charge in [-0.3, -0.25) is 9.89 Å². The highest BCUT2D eigenvalue weighted by Gasteiger charge is 2.13. The van der Waals surface area contributed by atoms with Crippen molar-refractivity contribution in [2.45, 2.75) is 12.8 Å². The van der Waals surface area contributed by atoms with E-state index in [2.05, 4.69) is 26.1 Å². The first kappa shape index (κ1) is 13.1. The maximum atomic E-state index is 10.5. The van der Waals surface area contributed by atoms with E-state index in [4.69, 9.17) is 16.7 Å². The third-order valence-corrected chi connectivity index (χ3v) is 3.59. The third kappa shape index (κ3) is 2.91. The topological polar surface area (TPSA) is 66.0 Å². The van der Waals surface area contributed by atoms with Crippen molar-refractivity contribution in [3.05, 3.63) is 39.5 Å². The summed E-state index contributed by atoms with van der Waals surface area (Å²) in [5.41, 5.74) is 2.46. The number of carboxylic acids is 1. The number of hydrogen-bond donors (Lipinski definition) is 2. The number of aromatic nitrogens is 2. The third-order valence-electron chi connectivity index (χ3n) is 2.48. The van der Waals surface area contributed by atoms with Gasteiger partial charge in [0.25, 0.3) is 0 Å². The number of H-pyrrole nitrogens is 1. The Labute approximate surface area is 117 Å². The fourth-order valence-electron chi connectivity index (χ4n) is 1.56. The Kier molecular flexibility index (Phi) is 4.04. The molecule has 0 spiro atoms. The van der Waals surface area contributed by atoms with Crippen molar-refractivity contribution in [1.29, 1.82) is 0 Å². The molecule has 0 radical (unpaired) electrons. The van der Waals surface area contributed by atoms with Crippen LogP contribution in [0.4, 0.5) is 0 Å². The predicted molar refractivity (Wildman–Crippen MR) is 72.7 cm³/mol. The maximum Gasteiger partial charge on any atom is 0.303 e. The fourth-order valence-corrected chi connectivity index (χ4v) is 2.29. The normalized spacial score (nSPS) is 10.6. The molecule has 1 aromatic carbocycles. The molecule has 94 valence electrons. The summed E-state index contributed by atoms with van der Waals surface area (Å²) in [7, 11) is 0. The Bertz CT molecular complexity index is 566. The van der Waals surface area contributed by atoms with Gasteiger partial charge in [0.1, 0.15) is 5.69 Å². The van der Waals surface area contributed by atoms with Gasteiger partial charge in [0.2, 0.25) is 0 Å². The Morgan fingerprint density at radius 1 is 1.39 bits per heavy atom. The molecule has 0 saturated carbocycles. The molecule has 1 aromatic heterocycles. The number of nitrogens with one attached hydrogen (secondary N) is 1. The standard InChI is InChI=1S/C12H10BrClN2O2/c13-11-9(5-6-10(17)18)15-16-12(11)7-1-3-8(14)4-2-7/h1-4H,5-6H2,(H,15,16)(H,17,18). The molecule has 0 aliphatic rings. The molecule has 0 bridgehead atoms. The van der Waals surface area contributed by atoms with Gasteiger partial charge in [-0.1, -0.05) is 23.7 Å². The summed E-state index contributed by atoms with van der Waals surface area (Å²) in [6.45, 7) is 0. The van der Waals surface area contributed by atoms with Crippen molar-refractivity contribution in [3.8, 4) is 11.3 Å². The van der Waals surface area contributed by atoms with Crippen LogP contribution in [0.3, 0.4) is 0 Å². The minimum absolute atomic E-state index is 0.0703. The molecule has 18 heavy (non-hydrogen) atoms. The largest absolute Gasteiger partial charge is 0.481 e. The van der Waals surface area contributed by atoms with Crippen LogP contribution >= 0.6 is 27.5 Å². The van der Waals surface area contributed by atoms with E-state index in [1.54, 1.807) is 12.1 Å². The minimum Gasteiger partial charge on any atom is -0.481 e. The molecular formula is C12H10BrClN2O2. The molecular weight excluding hydrogens is 320 g/mol. The number of nitrogens with zero attached hydrogens (tertiary/aromatic N) is 1. The zero-order chi connectivity index (χ0) is 13.1. The summed E-state index contributed by atoms with van der Waals surface area (Å²) in [5, 5.41) is 16.4. The highest BCUT2D eigenvalue weighted by Crippen LogP contribution is 2.30. The molecule has 0 atom stereocenters. The molecule has 1 heterocycles. The van der Waals surface area contributed by atoms with Crippen LogP contribution in [0.5, 0.6) is 0 Å². The average Bonchev–Trinajstić information content (AvgIpc) is 2.69. The molecule has 2 rings (SSSR count). The smallest absolute Gasteiger partial charge is 0.303 e. The van der Waals surface area contributed by atoms with Crippen molar-refractivity contribution >= 4 is 33.5 Å². The van der Waals surface area contributed by atoms with Crippen LogP contribution < -0.4 is 0 Å². The molecule has 0 fully saturated rings. The lowest BCUT2D eigenvalue weighted by Crippen LogP contribution is -1.98. The molecule has 0 amide bonds. The number of halogens is 2. The molecule has 2 N–H and O–H groups in total. The summed E-state index contributed by atoms with van der Waals surface area (Å²) in [6.07, 6.45) is 0.483. The Morgan fingerprint density at radius 2 is 2.06 bits per heavy atom. The molecule has 0 unspecified atom stereocenters. The Morgan fingerprint density at radius 3 is 2.67 bits per heavy atom. The molecule has 0 aliphatic carbocycles. The number of aromatic amines is 1. The number of rotatable bonds is 4. The van der Waals surface area contributed by atoms with E-state index in [9.17, 15) is 4.79 Å². The lowest BCUT2D eigenvalue weighted by atomic mass is 10.1. The van der Waals surface area contributed by atoms with E-state index < -0.39 is 5.97 Å². The van der Waals surface area contributed by atoms with Crippen molar-refractivity contribution in [2.75, 3.05) is 0 Å². The summed E-state index contributed by atoms with van der Waals surface area (Å²) >= 11 is 9.26. The van der Waals surface area contributed by atoms with Crippen LogP contribution in [-0.2, 0) is 11.2 Å². The van der Waals surface area contributed by atoms with Crippen molar-refractivity contribution in [1.82, 2.24) is 10.2 Å². The summed E-state index contributed by atoms with van der Waals surface area (Å²) in [5.74, 6) is -0.829. The molecule has 0 aliphatic heterocycles. The Balaban J connectivity index is 2.25. The SMILES string of the molecule is O=C(O)CCc1[nH]nc(-c2ccc(Cl)cc2)c1Br. The Hall–Kier alpha value is -1.33. The van der Waals surface area contributed by atoms with Gasteiger partial charge in [0.15, 0.2) is 0 Å². The van der Waals surface area contributed by atoms with E-state index in [1.807, 2.05) is 12.1 Å². The minimum atomic E-state index is -0.829. The van der Waals surface area contributed by atoms with Crippen molar-refractivity contribution < 1.29 is 9.90 Å². The van der Waals surface area contributed by atoms with E-state index in [-0.39, 0.29) is 6.42 Å². The second kappa shape index (κ2) is 5.54. The van der Waals surface area contributed by atoms with E-state index in [0.717, 1.165) is 21.4 Å². The quantitative estimate of drug-likeness (QED) is 0.902. The number of aryl methyl sites for hydroxylation is 1. The summed E-state index contributed by atoms with van der Waals surface area (Å²) in [4.78, 5) is 10.5. The predicted octanol–water partition coefficient (Wildman–Crippen LogP) is 3.51. The highest BCUT2D eigenvalue weighted by molar-refractivity contribution is 9.10. The van der Waals surface area contributed by atoms with Gasteiger partial charge < -0.3 is 5.11 Å². The van der Waals surface area contributed by atoms with Gasteiger partial charge in [0.05, 0.1) is 16.6 Å². The first-order chi connectivity index (χ1) is 8.58. The van der Waals surface area contributed by atoms with Gasteiger partial charge in [-0.25, -0.2) is 0 Å². The zero-order valence-corrected chi connectivity index (χ0v) is 11.6. The summed E-state index contributed by atoms with van der Waals surface area (Å²) < 4.78 is 0.797. The van der Waals surface area contributed by atoms with Crippen molar-refractivity contribution in [2.24, 2.45) is 0 Å². The second-order valence-corrected chi connectivity index (χ2v) is 4.99. The van der Waals surface area contributed by atoms with E-state index >= 15 is 0 Å². The number of benzene rings is 1. The molecule has 6 heteroatoms. The first-order valence-electron chi connectivity index (χ1n) is 5.28. The van der Waals surface area contributed by atoms with Gasteiger partial charge in [-0.05, 0) is 28.1 Å². The zero-order valence-electron chi connectivity index (χ0n) is 9.28. The van der Waals surface area contributed by atoms with Crippen LogP contribution in [0, 0.1) is 0 Å². The van der Waals surface area contributed by atoms with Gasteiger partial charge in [-0.2, -0.15) is 5.10 Å². The molecule has 4 nitrogen and oxygen atoms in total. The van der Waals surface area contributed by atoms with E-state index in [1.165, 1.54) is 0 Å². The van der Waals surface area contributed by atoms with Crippen LogP contribution in [0.1, 0.15) is 12.1 Å². The van der Waals surface area contributed by atoms with Gasteiger partial charge in [0, 0.05) is 17.0 Å². The first-order valence-corrected chi connectivity index (χ1v) is 6.45. The fraction of sp³-hybridized carbons (Fsp3) is 0.167. The number of carboxylic acid groups (broad SMARTS) is 1. The van der Waals surface area contributed by atoms with E-state index in [0.29, 0.717) is 11.4 Å². The van der Waals surface area contributed by atoms with Crippen molar-refractivity contribution in [3.63, 3.8) is 0 Å². The lowest BCUT2D eigenvalue weighted by Gasteiger charge is -1.99. The van der Waals surface area contributed by atoms with Crippen LogP contribution in [-0.4, -0.2) is 21.3 Å². The van der Waals surface area contributed by atoms with Gasteiger partial charge >= 0.3 is 5.97 Å². The van der Waals surface area contributed by atoms with Crippen LogP contribution in [0.25, 0.3) is 11.3 Å². The number of aliphatic carboxylic acids is 1. The highest BCUT2D eigenvalue weighted by atomic mass is 79.9. The maximum absolute atomic E-state index is 10.5. The molecule has 2 aromatic rings. The van der Waals surface area contributed by atoms with Gasteiger partial charge in [-0.15, -0.1) is 0 Å². The molecule has 0 saturated heterocycles. The number of hydrogen-bond acceptors (Lipinski definition) is 2. The van der Waals surface area contributed by atoms with Crippen LogP contribution in [0.2, 0.25) is 5.02 Å². The monoisotopic (exact) mass is 328 g/mol. The second-order valence-electron chi connectivity index (χ2n) is 3.77. The number of carbonyl (C=O) groups is 1. The van der Waals surface area contributed by atoms with Crippen LogP contribution in [0.15, 0.2) is 28.7 Å². The lowest BCUT2D eigenvalue weighted by molar-refractivity contribution is -0.136. The average molecular weight is 330 g/mol.